The van der Waals surface area contributed by atoms with Crippen LogP contribution in [0.3, 0.4) is 0 Å². The Morgan fingerprint density at radius 3 is 2.48 bits per heavy atom. The fraction of sp³-hybridized carbons (Fsp3) is 0.381. The highest BCUT2D eigenvalue weighted by molar-refractivity contribution is 5.79. The molecule has 3 rings (SSSR count). The molecule has 0 radical (unpaired) electrons. The third-order valence-corrected chi connectivity index (χ3v) is 4.74. The summed E-state index contributed by atoms with van der Waals surface area (Å²) in [5.74, 6) is 0.0825. The van der Waals surface area contributed by atoms with Crippen LogP contribution in [0, 0.1) is 6.92 Å². The van der Waals surface area contributed by atoms with Crippen molar-refractivity contribution in [3.8, 4) is 0 Å². The van der Waals surface area contributed by atoms with Crippen molar-refractivity contribution in [2.24, 2.45) is 0 Å². The highest BCUT2D eigenvalue weighted by Crippen LogP contribution is 2.24. The first-order chi connectivity index (χ1) is 11.1. The fourth-order valence-electron chi connectivity index (χ4n) is 3.29. The molecule has 2 aromatic rings. The molecule has 1 atom stereocenters. The second kappa shape index (κ2) is 6.99. The summed E-state index contributed by atoms with van der Waals surface area (Å²) in [6, 6.07) is 14.9. The van der Waals surface area contributed by atoms with Gasteiger partial charge in [0.15, 0.2) is 0 Å². The molecular weight excluding hydrogens is 282 g/mol. The lowest BCUT2D eigenvalue weighted by Gasteiger charge is -2.20. The van der Waals surface area contributed by atoms with Crippen molar-refractivity contribution >= 4 is 5.91 Å². The van der Waals surface area contributed by atoms with Gasteiger partial charge in [-0.2, -0.15) is 0 Å². The maximum atomic E-state index is 12.3. The number of carbonyl (C=O) groups excluding carboxylic acids is 1. The van der Waals surface area contributed by atoms with E-state index < -0.39 is 0 Å². The Morgan fingerprint density at radius 1 is 1.04 bits per heavy atom. The highest BCUT2D eigenvalue weighted by Gasteiger charge is 2.14. The molecule has 2 nitrogen and oxygen atoms in total. The number of fused-ring (bicyclic) bond motifs is 1. The molecule has 23 heavy (non-hydrogen) atoms. The summed E-state index contributed by atoms with van der Waals surface area (Å²) in [6.07, 6.45) is 5.40. The van der Waals surface area contributed by atoms with Gasteiger partial charge in [-0.15, -0.1) is 0 Å². The van der Waals surface area contributed by atoms with Crippen molar-refractivity contribution < 1.29 is 4.79 Å². The average molecular weight is 307 g/mol. The zero-order valence-corrected chi connectivity index (χ0v) is 14.1. The van der Waals surface area contributed by atoms with Gasteiger partial charge in [-0.25, -0.2) is 0 Å². The molecule has 2 heteroatoms. The molecule has 1 N–H and O–H groups in total. The van der Waals surface area contributed by atoms with Gasteiger partial charge < -0.3 is 5.32 Å². The summed E-state index contributed by atoms with van der Waals surface area (Å²) in [5, 5.41) is 3.13. The van der Waals surface area contributed by atoms with Crippen LogP contribution in [0.4, 0.5) is 0 Å². The van der Waals surface area contributed by atoms with Crippen LogP contribution in [0.15, 0.2) is 42.5 Å². The first-order valence-electron chi connectivity index (χ1n) is 8.58. The van der Waals surface area contributed by atoms with Gasteiger partial charge in [0.2, 0.25) is 5.91 Å². The third-order valence-electron chi connectivity index (χ3n) is 4.74. The molecule has 1 aliphatic rings. The standard InChI is InChI=1S/C21H25NO/c1-15-7-9-17(10-8-15)13-21(23)22-16(2)19-12-11-18-5-3-4-6-20(18)14-19/h7-12,14,16H,3-6,13H2,1-2H3,(H,22,23)/t16-/m1/s1. The van der Waals surface area contributed by atoms with Gasteiger partial charge in [0, 0.05) is 0 Å². The van der Waals surface area contributed by atoms with Crippen molar-refractivity contribution in [1.82, 2.24) is 5.32 Å². The van der Waals surface area contributed by atoms with Crippen molar-refractivity contribution in [1.29, 1.82) is 0 Å². The smallest absolute Gasteiger partial charge is 0.224 e. The number of carbonyl (C=O) groups is 1. The van der Waals surface area contributed by atoms with Crippen LogP contribution in [-0.2, 0) is 24.1 Å². The molecule has 0 saturated heterocycles. The Bertz CT molecular complexity index is 687. The predicted molar refractivity (Wildman–Crippen MR) is 94.5 cm³/mol. The number of aryl methyl sites for hydroxylation is 3. The largest absolute Gasteiger partial charge is 0.349 e. The second-order valence-electron chi connectivity index (χ2n) is 6.69. The minimum absolute atomic E-state index is 0.0557. The van der Waals surface area contributed by atoms with E-state index in [1.807, 2.05) is 12.1 Å². The lowest BCUT2D eigenvalue weighted by molar-refractivity contribution is -0.121. The summed E-state index contributed by atoms with van der Waals surface area (Å²) in [6.45, 7) is 4.12. The van der Waals surface area contributed by atoms with Crippen molar-refractivity contribution in [3.05, 3.63) is 70.3 Å². The molecular formula is C21H25NO. The number of hydrogen-bond acceptors (Lipinski definition) is 1. The first-order valence-corrected chi connectivity index (χ1v) is 8.58. The summed E-state index contributed by atoms with van der Waals surface area (Å²) >= 11 is 0. The van der Waals surface area contributed by atoms with Gasteiger partial charge >= 0.3 is 0 Å². The van der Waals surface area contributed by atoms with E-state index in [1.165, 1.54) is 47.9 Å². The maximum absolute atomic E-state index is 12.3. The Kier molecular flexibility index (Phi) is 4.80. The maximum Gasteiger partial charge on any atom is 0.224 e. The van der Waals surface area contributed by atoms with Crippen LogP contribution in [0.5, 0.6) is 0 Å². The van der Waals surface area contributed by atoms with Crippen molar-refractivity contribution in [3.63, 3.8) is 0 Å². The quantitative estimate of drug-likeness (QED) is 0.897. The topological polar surface area (TPSA) is 29.1 Å². The van der Waals surface area contributed by atoms with E-state index in [0.29, 0.717) is 6.42 Å². The minimum Gasteiger partial charge on any atom is -0.349 e. The molecule has 0 aromatic heterocycles. The monoisotopic (exact) mass is 307 g/mol. The number of amides is 1. The summed E-state index contributed by atoms with van der Waals surface area (Å²) in [4.78, 5) is 12.3. The summed E-state index contributed by atoms with van der Waals surface area (Å²) < 4.78 is 0. The van der Waals surface area contributed by atoms with Gasteiger partial charge in [-0.3, -0.25) is 4.79 Å². The van der Waals surface area contributed by atoms with Gasteiger partial charge in [0.25, 0.3) is 0 Å². The molecule has 0 spiro atoms. The molecule has 1 aliphatic carbocycles. The van der Waals surface area contributed by atoms with Crippen LogP contribution < -0.4 is 5.32 Å². The van der Waals surface area contributed by atoms with Gasteiger partial charge in [-0.05, 0) is 61.8 Å². The van der Waals surface area contributed by atoms with Crippen LogP contribution in [-0.4, -0.2) is 5.91 Å². The van der Waals surface area contributed by atoms with Gasteiger partial charge in [0.05, 0.1) is 12.5 Å². The SMILES string of the molecule is Cc1ccc(CC(=O)N[C@H](C)c2ccc3c(c2)CCCC3)cc1. The molecule has 0 heterocycles. The van der Waals surface area contributed by atoms with E-state index in [4.69, 9.17) is 0 Å². The van der Waals surface area contributed by atoms with E-state index >= 15 is 0 Å². The number of benzene rings is 2. The number of hydrogen-bond donors (Lipinski definition) is 1. The Hall–Kier alpha value is -2.09. The van der Waals surface area contributed by atoms with Crippen LogP contribution in [0.2, 0.25) is 0 Å². The Morgan fingerprint density at radius 2 is 1.74 bits per heavy atom. The molecule has 120 valence electrons. The normalized spacial score (nSPS) is 14.9. The fourth-order valence-corrected chi connectivity index (χ4v) is 3.29. The third kappa shape index (κ3) is 4.01. The first kappa shape index (κ1) is 15.8. The average Bonchev–Trinajstić information content (AvgIpc) is 2.56. The Balaban J connectivity index is 1.63. The second-order valence-corrected chi connectivity index (χ2v) is 6.69. The zero-order valence-electron chi connectivity index (χ0n) is 14.1. The van der Waals surface area contributed by atoms with E-state index in [2.05, 4.69) is 49.5 Å². The van der Waals surface area contributed by atoms with Crippen LogP contribution in [0.25, 0.3) is 0 Å². The molecule has 0 bridgehead atoms. The lowest BCUT2D eigenvalue weighted by atomic mass is 9.89. The summed E-state index contributed by atoms with van der Waals surface area (Å²) in [7, 11) is 0. The number of nitrogens with one attached hydrogen (secondary N) is 1. The van der Waals surface area contributed by atoms with Gasteiger partial charge in [0.1, 0.15) is 0 Å². The summed E-state index contributed by atoms with van der Waals surface area (Å²) in [5.41, 5.74) is 6.44. The van der Waals surface area contributed by atoms with Crippen molar-refractivity contribution in [2.45, 2.75) is 52.0 Å². The zero-order chi connectivity index (χ0) is 16.2. The highest BCUT2D eigenvalue weighted by atomic mass is 16.1. The molecule has 0 saturated carbocycles. The van der Waals surface area contributed by atoms with E-state index in [-0.39, 0.29) is 11.9 Å². The molecule has 0 aliphatic heterocycles. The number of rotatable bonds is 4. The van der Waals surface area contributed by atoms with E-state index in [9.17, 15) is 4.79 Å². The molecule has 1 amide bonds. The van der Waals surface area contributed by atoms with E-state index in [1.54, 1.807) is 0 Å². The van der Waals surface area contributed by atoms with Crippen LogP contribution in [0.1, 0.15) is 53.6 Å². The molecule has 2 aromatic carbocycles. The minimum atomic E-state index is 0.0557. The van der Waals surface area contributed by atoms with Crippen molar-refractivity contribution in [2.75, 3.05) is 0 Å². The van der Waals surface area contributed by atoms with Crippen LogP contribution >= 0.6 is 0 Å². The molecule has 0 unspecified atom stereocenters. The Labute approximate surface area is 138 Å². The van der Waals surface area contributed by atoms with Gasteiger partial charge in [-0.1, -0.05) is 48.0 Å². The predicted octanol–water partition coefficient (Wildman–Crippen LogP) is 4.29. The molecule has 0 fully saturated rings. The van der Waals surface area contributed by atoms with E-state index in [0.717, 1.165) is 5.56 Å². The lowest BCUT2D eigenvalue weighted by Crippen LogP contribution is -2.28.